The molecule has 0 aromatic rings. The molecule has 9 heteroatoms. The molecule has 0 aliphatic heterocycles. The van der Waals surface area contributed by atoms with Crippen LogP contribution in [0.1, 0.15) is 12.8 Å². The molecule has 1 fully saturated rings. The van der Waals surface area contributed by atoms with Crippen LogP contribution in [0.4, 0.5) is 13.2 Å². The molecule has 1 unspecified atom stereocenters. The third-order valence-electron chi connectivity index (χ3n) is 2.34. The Morgan fingerprint density at radius 2 is 2.17 bits per heavy atom. The smallest absolute Gasteiger partial charge is 0.409 e. The van der Waals surface area contributed by atoms with Crippen molar-refractivity contribution < 1.29 is 27.9 Å². The van der Waals surface area contributed by atoms with E-state index in [1.807, 2.05) is 0 Å². The molecule has 104 valence electrons. The molecule has 0 aromatic carbocycles. The van der Waals surface area contributed by atoms with Gasteiger partial charge in [0.15, 0.2) is 5.84 Å². The highest BCUT2D eigenvalue weighted by Crippen LogP contribution is 2.32. The first-order valence-corrected chi connectivity index (χ1v) is 5.24. The highest BCUT2D eigenvalue weighted by atomic mass is 19.4. The zero-order valence-corrected chi connectivity index (χ0v) is 9.41. The minimum Gasteiger partial charge on any atom is -0.409 e. The highest BCUT2D eigenvalue weighted by Gasteiger charge is 2.35. The molecular weight excluding hydrogens is 255 g/mol. The van der Waals surface area contributed by atoms with E-state index in [4.69, 9.17) is 10.9 Å². The lowest BCUT2D eigenvalue weighted by Crippen LogP contribution is -2.47. The number of oxime groups is 1. The summed E-state index contributed by atoms with van der Waals surface area (Å²) in [7, 11) is 0. The minimum atomic E-state index is -4.47. The lowest BCUT2D eigenvalue weighted by molar-refractivity contribution is -0.175. The number of amidine groups is 1. The van der Waals surface area contributed by atoms with Crippen molar-refractivity contribution >= 4 is 11.7 Å². The quantitative estimate of drug-likeness (QED) is 0.278. The standard InChI is InChI=1S/C9H14F3N3O3/c10-9(11,12)4-18-3-6(16)14-7(5-1-2-5)8(13)15-17/h5,7,17H,1-4H2,(H2,13,15)(H,14,16). The summed E-state index contributed by atoms with van der Waals surface area (Å²) in [6, 6.07) is -0.656. The zero-order chi connectivity index (χ0) is 13.8. The van der Waals surface area contributed by atoms with Gasteiger partial charge in [-0.05, 0) is 18.8 Å². The van der Waals surface area contributed by atoms with Crippen LogP contribution in [0.5, 0.6) is 0 Å². The fourth-order valence-electron chi connectivity index (χ4n) is 1.40. The minimum absolute atomic E-state index is 0.0625. The number of amides is 1. The van der Waals surface area contributed by atoms with Gasteiger partial charge >= 0.3 is 6.18 Å². The van der Waals surface area contributed by atoms with E-state index in [-0.39, 0.29) is 11.8 Å². The van der Waals surface area contributed by atoms with Gasteiger partial charge in [-0.3, -0.25) is 4.79 Å². The Morgan fingerprint density at radius 3 is 2.61 bits per heavy atom. The number of alkyl halides is 3. The predicted octanol–water partition coefficient (Wildman–Crippen LogP) is 0.206. The van der Waals surface area contributed by atoms with Crippen molar-refractivity contribution in [3.63, 3.8) is 0 Å². The number of ether oxygens (including phenoxy) is 1. The van der Waals surface area contributed by atoms with Crippen LogP contribution < -0.4 is 11.1 Å². The van der Waals surface area contributed by atoms with Crippen LogP contribution >= 0.6 is 0 Å². The number of carbonyl (C=O) groups is 1. The largest absolute Gasteiger partial charge is 0.411 e. The Morgan fingerprint density at radius 1 is 1.56 bits per heavy atom. The fourth-order valence-corrected chi connectivity index (χ4v) is 1.40. The van der Waals surface area contributed by atoms with Gasteiger partial charge in [-0.2, -0.15) is 13.2 Å². The third-order valence-corrected chi connectivity index (χ3v) is 2.34. The summed E-state index contributed by atoms with van der Waals surface area (Å²) < 4.78 is 39.5. The number of nitrogens with one attached hydrogen (secondary N) is 1. The first kappa shape index (κ1) is 14.6. The number of rotatable bonds is 6. The van der Waals surface area contributed by atoms with E-state index < -0.39 is 31.3 Å². The molecule has 0 aromatic heterocycles. The lowest BCUT2D eigenvalue weighted by Gasteiger charge is -2.16. The van der Waals surface area contributed by atoms with Gasteiger partial charge in [-0.25, -0.2) is 0 Å². The number of carbonyl (C=O) groups excluding carboxylic acids is 1. The molecule has 1 atom stereocenters. The molecule has 0 spiro atoms. The molecule has 1 aliphatic rings. The Labute approximate surface area is 101 Å². The average molecular weight is 269 g/mol. The van der Waals surface area contributed by atoms with Gasteiger partial charge in [0.25, 0.3) is 0 Å². The van der Waals surface area contributed by atoms with Crippen molar-refractivity contribution in [3.8, 4) is 0 Å². The normalized spacial score (nSPS) is 18.5. The van der Waals surface area contributed by atoms with Gasteiger partial charge in [-0.15, -0.1) is 0 Å². The molecule has 4 N–H and O–H groups in total. The second kappa shape index (κ2) is 5.89. The molecule has 1 saturated carbocycles. The SMILES string of the molecule is NC(=NO)C(NC(=O)COCC(F)(F)F)C1CC1. The maximum absolute atomic E-state index is 11.8. The number of nitrogens with zero attached hydrogens (tertiary/aromatic N) is 1. The molecule has 0 radical (unpaired) electrons. The molecule has 1 rings (SSSR count). The van der Waals surface area contributed by atoms with Gasteiger partial charge in [0.05, 0.1) is 6.04 Å². The Bertz CT molecular complexity index is 329. The number of halogens is 3. The summed E-state index contributed by atoms with van der Waals surface area (Å²) in [5, 5.41) is 13.7. The van der Waals surface area contributed by atoms with E-state index in [2.05, 4.69) is 15.2 Å². The van der Waals surface area contributed by atoms with Crippen LogP contribution in [0.3, 0.4) is 0 Å². The van der Waals surface area contributed by atoms with Crippen molar-refractivity contribution in [2.45, 2.75) is 25.1 Å². The van der Waals surface area contributed by atoms with Gasteiger partial charge in [-0.1, -0.05) is 5.16 Å². The second-order valence-corrected chi connectivity index (χ2v) is 4.02. The van der Waals surface area contributed by atoms with Gasteiger partial charge in [0, 0.05) is 0 Å². The molecule has 0 bridgehead atoms. The number of nitrogens with two attached hydrogens (primary N) is 1. The summed E-state index contributed by atoms with van der Waals surface area (Å²) in [6.45, 7) is -2.21. The molecule has 6 nitrogen and oxygen atoms in total. The van der Waals surface area contributed by atoms with E-state index in [0.29, 0.717) is 0 Å². The summed E-state index contributed by atoms with van der Waals surface area (Å²) in [5.74, 6) is -0.836. The summed E-state index contributed by atoms with van der Waals surface area (Å²) in [5.41, 5.74) is 5.37. The molecule has 1 aliphatic carbocycles. The first-order valence-electron chi connectivity index (χ1n) is 5.24. The van der Waals surface area contributed by atoms with Crippen molar-refractivity contribution in [1.82, 2.24) is 5.32 Å². The Kier molecular flexibility index (Phi) is 4.76. The molecule has 1 amide bonds. The van der Waals surface area contributed by atoms with Crippen molar-refractivity contribution in [1.29, 1.82) is 0 Å². The van der Waals surface area contributed by atoms with Crippen LogP contribution in [-0.2, 0) is 9.53 Å². The predicted molar refractivity (Wildman–Crippen MR) is 54.9 cm³/mol. The topological polar surface area (TPSA) is 96.9 Å². The van der Waals surface area contributed by atoms with E-state index >= 15 is 0 Å². The van der Waals surface area contributed by atoms with Gasteiger partial charge in [0.2, 0.25) is 5.91 Å². The lowest BCUT2D eigenvalue weighted by atomic mass is 10.1. The van der Waals surface area contributed by atoms with Crippen LogP contribution in [0.2, 0.25) is 0 Å². The molecule has 0 heterocycles. The summed E-state index contributed by atoms with van der Waals surface area (Å²) >= 11 is 0. The Hall–Kier alpha value is -1.51. The third kappa shape index (κ3) is 5.21. The molecule has 18 heavy (non-hydrogen) atoms. The second-order valence-electron chi connectivity index (χ2n) is 4.02. The fraction of sp³-hybridized carbons (Fsp3) is 0.778. The average Bonchev–Trinajstić information content (AvgIpc) is 3.06. The van der Waals surface area contributed by atoms with Crippen LogP contribution in [-0.4, -0.2) is 42.4 Å². The van der Waals surface area contributed by atoms with E-state index in [9.17, 15) is 18.0 Å². The maximum atomic E-state index is 11.8. The summed E-state index contributed by atoms with van der Waals surface area (Å²) in [4.78, 5) is 11.3. The van der Waals surface area contributed by atoms with Crippen LogP contribution in [0.15, 0.2) is 5.16 Å². The first-order chi connectivity index (χ1) is 8.33. The van der Waals surface area contributed by atoms with E-state index in [1.165, 1.54) is 0 Å². The summed E-state index contributed by atoms with van der Waals surface area (Å²) in [6.07, 6.45) is -2.85. The Balaban J connectivity index is 2.33. The van der Waals surface area contributed by atoms with Crippen LogP contribution in [0, 0.1) is 5.92 Å². The molecular formula is C9H14F3N3O3. The van der Waals surface area contributed by atoms with Crippen LogP contribution in [0.25, 0.3) is 0 Å². The molecule has 0 saturated heterocycles. The highest BCUT2D eigenvalue weighted by molar-refractivity contribution is 5.90. The number of hydrogen-bond donors (Lipinski definition) is 3. The zero-order valence-electron chi connectivity index (χ0n) is 9.41. The monoisotopic (exact) mass is 269 g/mol. The van der Waals surface area contributed by atoms with Gasteiger partial charge in [0.1, 0.15) is 13.2 Å². The number of hydrogen-bond acceptors (Lipinski definition) is 4. The van der Waals surface area contributed by atoms with E-state index in [0.717, 1.165) is 12.8 Å². The maximum Gasteiger partial charge on any atom is 0.411 e. The van der Waals surface area contributed by atoms with E-state index in [1.54, 1.807) is 0 Å². The van der Waals surface area contributed by atoms with Crippen molar-refractivity contribution in [2.24, 2.45) is 16.8 Å². The van der Waals surface area contributed by atoms with Crippen molar-refractivity contribution in [3.05, 3.63) is 0 Å². The van der Waals surface area contributed by atoms with Crippen molar-refractivity contribution in [2.75, 3.05) is 13.2 Å². The van der Waals surface area contributed by atoms with Gasteiger partial charge < -0.3 is 21.0 Å².